The third-order valence-corrected chi connectivity index (χ3v) is 5.41. The smallest absolute Gasteiger partial charge is 0.119 e. The monoisotopic (exact) mass is 298 g/mol. The van der Waals surface area contributed by atoms with E-state index in [1.165, 1.54) is 0 Å². The number of likely N-dealkylation sites (tertiary alicyclic amines) is 1. The molecule has 120 valence electrons. The van der Waals surface area contributed by atoms with Crippen molar-refractivity contribution in [3.63, 3.8) is 0 Å². The fourth-order valence-electron chi connectivity index (χ4n) is 4.13. The number of hydrogen-bond acceptors (Lipinski definition) is 4. The van der Waals surface area contributed by atoms with Crippen LogP contribution in [0.15, 0.2) is 12.2 Å². The molecule has 2 heterocycles. The molecular formula is C16H27FN2O2. The summed E-state index contributed by atoms with van der Waals surface area (Å²) in [6.07, 6.45) is 6.30. The molecule has 4 nitrogen and oxygen atoms in total. The number of hydrogen-bond donors (Lipinski definition) is 1. The van der Waals surface area contributed by atoms with Crippen molar-refractivity contribution in [3.05, 3.63) is 12.2 Å². The maximum Gasteiger partial charge on any atom is 0.119 e. The van der Waals surface area contributed by atoms with Crippen molar-refractivity contribution < 1.29 is 14.0 Å². The highest BCUT2D eigenvalue weighted by Crippen LogP contribution is 2.43. The van der Waals surface area contributed by atoms with Crippen molar-refractivity contribution in [1.29, 1.82) is 0 Å². The first-order chi connectivity index (χ1) is 10.2. The number of ether oxygens (including phenoxy) is 1. The molecule has 21 heavy (non-hydrogen) atoms. The van der Waals surface area contributed by atoms with Crippen LogP contribution >= 0.6 is 0 Å². The molecule has 1 aliphatic carbocycles. The van der Waals surface area contributed by atoms with Crippen molar-refractivity contribution in [2.24, 2.45) is 5.92 Å². The number of fused-ring (bicyclic) bond motifs is 1. The SMILES string of the molecule is CCN1CCC2(CC1)CC(NOC)C1CC(F)C=CC1O2. The highest BCUT2D eigenvalue weighted by Gasteiger charge is 2.48. The molecule has 3 rings (SSSR count). The molecule has 3 aliphatic rings. The van der Waals surface area contributed by atoms with Crippen LogP contribution in [-0.4, -0.2) is 55.6 Å². The average Bonchev–Trinajstić information content (AvgIpc) is 2.49. The zero-order valence-corrected chi connectivity index (χ0v) is 13.1. The molecule has 5 heteroatoms. The van der Waals surface area contributed by atoms with Gasteiger partial charge in [-0.25, -0.2) is 4.39 Å². The van der Waals surface area contributed by atoms with Crippen molar-refractivity contribution >= 4 is 0 Å². The Bertz CT molecular complexity index is 382. The number of nitrogens with zero attached hydrogens (tertiary/aromatic N) is 1. The molecule has 0 aromatic carbocycles. The molecule has 0 radical (unpaired) electrons. The first-order valence-corrected chi connectivity index (χ1v) is 8.17. The number of halogens is 1. The Hall–Kier alpha value is -0.490. The van der Waals surface area contributed by atoms with Gasteiger partial charge in [0, 0.05) is 25.0 Å². The first kappa shape index (κ1) is 15.4. The van der Waals surface area contributed by atoms with Gasteiger partial charge >= 0.3 is 0 Å². The van der Waals surface area contributed by atoms with Gasteiger partial charge in [0.2, 0.25) is 0 Å². The average molecular weight is 298 g/mol. The quantitative estimate of drug-likeness (QED) is 0.639. The lowest BCUT2D eigenvalue weighted by molar-refractivity contribution is -0.185. The summed E-state index contributed by atoms with van der Waals surface area (Å²) < 4.78 is 20.1. The van der Waals surface area contributed by atoms with Crippen LogP contribution in [-0.2, 0) is 9.57 Å². The van der Waals surface area contributed by atoms with E-state index in [4.69, 9.17) is 9.57 Å². The molecular weight excluding hydrogens is 271 g/mol. The van der Waals surface area contributed by atoms with Crippen LogP contribution in [0.5, 0.6) is 0 Å². The van der Waals surface area contributed by atoms with Gasteiger partial charge in [-0.3, -0.25) is 0 Å². The Morgan fingerprint density at radius 3 is 2.81 bits per heavy atom. The molecule has 4 atom stereocenters. The third-order valence-electron chi connectivity index (χ3n) is 5.41. The fraction of sp³-hybridized carbons (Fsp3) is 0.875. The molecule has 1 spiro atoms. The zero-order chi connectivity index (χ0) is 14.9. The number of allylic oxidation sites excluding steroid dienone is 1. The number of alkyl halides is 1. The summed E-state index contributed by atoms with van der Waals surface area (Å²) in [4.78, 5) is 7.65. The normalized spacial score (nSPS) is 39.4. The highest BCUT2D eigenvalue weighted by atomic mass is 19.1. The third kappa shape index (κ3) is 3.16. The molecule has 2 fully saturated rings. The van der Waals surface area contributed by atoms with Crippen LogP contribution in [0.4, 0.5) is 4.39 Å². The van der Waals surface area contributed by atoms with E-state index in [0.29, 0.717) is 6.42 Å². The lowest BCUT2D eigenvalue weighted by atomic mass is 9.73. The van der Waals surface area contributed by atoms with E-state index in [1.54, 1.807) is 13.2 Å². The van der Waals surface area contributed by atoms with Gasteiger partial charge in [0.1, 0.15) is 6.17 Å². The van der Waals surface area contributed by atoms with Gasteiger partial charge in [-0.15, -0.1) is 0 Å². The maximum atomic E-state index is 13.7. The van der Waals surface area contributed by atoms with Crippen LogP contribution in [0.25, 0.3) is 0 Å². The summed E-state index contributed by atoms with van der Waals surface area (Å²) in [5, 5.41) is 0. The molecule has 2 aliphatic heterocycles. The van der Waals surface area contributed by atoms with Gasteiger partial charge in [-0.05, 0) is 32.2 Å². The van der Waals surface area contributed by atoms with Crippen LogP contribution in [0.3, 0.4) is 0 Å². The highest BCUT2D eigenvalue weighted by molar-refractivity contribution is 5.11. The zero-order valence-electron chi connectivity index (χ0n) is 13.1. The number of nitrogens with one attached hydrogen (secondary N) is 1. The molecule has 0 aromatic heterocycles. The minimum absolute atomic E-state index is 0.0200. The Morgan fingerprint density at radius 2 is 2.14 bits per heavy atom. The van der Waals surface area contributed by atoms with Crippen molar-refractivity contribution in [1.82, 2.24) is 10.4 Å². The predicted molar refractivity (Wildman–Crippen MR) is 79.6 cm³/mol. The van der Waals surface area contributed by atoms with E-state index in [-0.39, 0.29) is 23.7 Å². The van der Waals surface area contributed by atoms with Gasteiger partial charge in [0.05, 0.1) is 18.8 Å². The summed E-state index contributed by atoms with van der Waals surface area (Å²) in [6.45, 7) is 5.48. The van der Waals surface area contributed by atoms with Gasteiger partial charge < -0.3 is 14.5 Å². The van der Waals surface area contributed by atoms with E-state index in [1.807, 2.05) is 6.08 Å². The second-order valence-corrected chi connectivity index (χ2v) is 6.63. The lowest BCUT2D eigenvalue weighted by Crippen LogP contribution is -2.59. The number of rotatable bonds is 3. The topological polar surface area (TPSA) is 33.7 Å². The van der Waals surface area contributed by atoms with E-state index in [9.17, 15) is 4.39 Å². The van der Waals surface area contributed by atoms with Crippen LogP contribution in [0, 0.1) is 5.92 Å². The van der Waals surface area contributed by atoms with Crippen molar-refractivity contribution in [3.8, 4) is 0 Å². The largest absolute Gasteiger partial charge is 0.367 e. The summed E-state index contributed by atoms with van der Waals surface area (Å²) in [5.41, 5.74) is 3.03. The molecule has 0 bridgehead atoms. The maximum absolute atomic E-state index is 13.7. The predicted octanol–water partition coefficient (Wildman–Crippen LogP) is 2.06. The molecule has 4 unspecified atom stereocenters. The first-order valence-electron chi connectivity index (χ1n) is 8.17. The van der Waals surface area contributed by atoms with Crippen LogP contribution in [0.1, 0.15) is 32.6 Å². The van der Waals surface area contributed by atoms with Crippen molar-refractivity contribution in [2.45, 2.75) is 56.5 Å². The minimum atomic E-state index is -0.855. The molecule has 0 saturated carbocycles. The van der Waals surface area contributed by atoms with Crippen molar-refractivity contribution in [2.75, 3.05) is 26.7 Å². The summed E-state index contributed by atoms with van der Waals surface area (Å²) in [7, 11) is 1.64. The van der Waals surface area contributed by atoms with E-state index in [0.717, 1.165) is 38.9 Å². The molecule has 1 N–H and O–H groups in total. The fourth-order valence-corrected chi connectivity index (χ4v) is 4.13. The summed E-state index contributed by atoms with van der Waals surface area (Å²) in [5.74, 6) is 0.166. The summed E-state index contributed by atoms with van der Waals surface area (Å²) in [6, 6.07) is 0.171. The van der Waals surface area contributed by atoms with E-state index < -0.39 is 6.17 Å². The standard InChI is InChI=1S/C16H27FN2O2/c1-3-19-8-6-16(7-9-19)11-14(18-20-2)13-10-12(17)4-5-15(13)21-16/h4-5,12-15,18H,3,6-11H2,1-2H3. The Labute approximate surface area is 126 Å². The second-order valence-electron chi connectivity index (χ2n) is 6.63. The lowest BCUT2D eigenvalue weighted by Gasteiger charge is -2.52. The van der Waals surface area contributed by atoms with Crippen LogP contribution < -0.4 is 5.48 Å². The summed E-state index contributed by atoms with van der Waals surface area (Å²) >= 11 is 0. The van der Waals surface area contributed by atoms with E-state index in [2.05, 4.69) is 17.3 Å². The van der Waals surface area contributed by atoms with Gasteiger partial charge in [-0.2, -0.15) is 5.48 Å². The molecule has 0 amide bonds. The van der Waals surface area contributed by atoms with E-state index >= 15 is 0 Å². The minimum Gasteiger partial charge on any atom is -0.367 e. The number of hydroxylamine groups is 1. The van der Waals surface area contributed by atoms with Gasteiger partial charge in [0.15, 0.2) is 0 Å². The molecule has 0 aromatic rings. The Morgan fingerprint density at radius 1 is 1.38 bits per heavy atom. The Balaban J connectivity index is 1.74. The van der Waals surface area contributed by atoms with Gasteiger partial charge in [0.25, 0.3) is 0 Å². The van der Waals surface area contributed by atoms with Crippen LogP contribution in [0.2, 0.25) is 0 Å². The molecule has 2 saturated heterocycles. The number of piperidine rings is 1. The Kier molecular flexibility index (Phi) is 4.64. The van der Waals surface area contributed by atoms with Gasteiger partial charge in [-0.1, -0.05) is 19.1 Å². The second kappa shape index (κ2) is 6.32.